The molecule has 3 aromatic rings. The first-order chi connectivity index (χ1) is 12.7. The molecule has 7 nitrogen and oxygen atoms in total. The highest BCUT2D eigenvalue weighted by molar-refractivity contribution is 7.80. The first kappa shape index (κ1) is 16.7. The number of nitrogens with one attached hydrogen (secondary N) is 3. The van der Waals surface area contributed by atoms with Crippen molar-refractivity contribution in [3.63, 3.8) is 0 Å². The lowest BCUT2D eigenvalue weighted by molar-refractivity contribution is 0.327. The average molecular weight is 367 g/mol. The monoisotopic (exact) mass is 367 g/mol. The normalized spacial score (nSPS) is 15.2. The minimum atomic E-state index is 0.362. The van der Waals surface area contributed by atoms with E-state index in [1.165, 1.54) is 5.56 Å². The zero-order chi connectivity index (χ0) is 17.9. The Morgan fingerprint density at radius 3 is 2.73 bits per heavy atom. The minimum absolute atomic E-state index is 0.362. The molecule has 0 amide bonds. The number of benzene rings is 1. The van der Waals surface area contributed by atoms with Gasteiger partial charge in [-0.2, -0.15) is 5.10 Å². The van der Waals surface area contributed by atoms with Crippen LogP contribution in [0.4, 0.5) is 11.5 Å². The summed E-state index contributed by atoms with van der Waals surface area (Å²) in [5, 5.41) is 15.5. The standard InChI is InChI=1S/C18H21N7S/c1-12-2-4-13(5-3-12)23-18(26)25-8-6-14(7-9-25)22-16-15-10-21-24-17(15)20-11-19-16/h2-5,10-11,14H,6-9H2,1H3,(H,23,26)(H2,19,20,21,22,24). The molecule has 1 aliphatic heterocycles. The van der Waals surface area contributed by atoms with Crippen LogP contribution in [-0.4, -0.2) is 49.3 Å². The number of hydrogen-bond donors (Lipinski definition) is 3. The van der Waals surface area contributed by atoms with Gasteiger partial charge in [-0.25, -0.2) is 9.97 Å². The van der Waals surface area contributed by atoms with Crippen LogP contribution in [0.5, 0.6) is 0 Å². The fourth-order valence-electron chi connectivity index (χ4n) is 3.14. The average Bonchev–Trinajstić information content (AvgIpc) is 3.14. The van der Waals surface area contributed by atoms with Gasteiger partial charge < -0.3 is 15.5 Å². The number of anilines is 2. The quantitative estimate of drug-likeness (QED) is 0.614. The van der Waals surface area contributed by atoms with Gasteiger partial charge in [0.25, 0.3) is 0 Å². The van der Waals surface area contributed by atoms with Crippen LogP contribution in [0.25, 0.3) is 11.0 Å². The van der Waals surface area contributed by atoms with Gasteiger partial charge in [-0.05, 0) is 44.1 Å². The second kappa shape index (κ2) is 7.25. The smallest absolute Gasteiger partial charge is 0.173 e. The Bertz CT molecular complexity index is 897. The van der Waals surface area contributed by atoms with Crippen molar-refractivity contribution in [2.45, 2.75) is 25.8 Å². The van der Waals surface area contributed by atoms with Crippen molar-refractivity contribution in [2.24, 2.45) is 0 Å². The van der Waals surface area contributed by atoms with Crippen LogP contribution in [0.2, 0.25) is 0 Å². The van der Waals surface area contributed by atoms with E-state index >= 15 is 0 Å². The molecule has 0 aliphatic carbocycles. The number of H-pyrrole nitrogens is 1. The number of likely N-dealkylation sites (tertiary alicyclic amines) is 1. The maximum atomic E-state index is 5.57. The molecule has 134 valence electrons. The zero-order valence-corrected chi connectivity index (χ0v) is 15.4. The third-order valence-corrected chi connectivity index (χ3v) is 5.03. The molecule has 4 rings (SSSR count). The summed E-state index contributed by atoms with van der Waals surface area (Å²) >= 11 is 5.57. The highest BCUT2D eigenvalue weighted by Crippen LogP contribution is 2.21. The Balaban J connectivity index is 1.33. The third kappa shape index (κ3) is 3.60. The highest BCUT2D eigenvalue weighted by Gasteiger charge is 2.22. The Morgan fingerprint density at radius 1 is 1.19 bits per heavy atom. The number of aromatic amines is 1. The molecule has 1 fully saturated rings. The summed E-state index contributed by atoms with van der Waals surface area (Å²) < 4.78 is 0. The van der Waals surface area contributed by atoms with Crippen LogP contribution in [0, 0.1) is 6.92 Å². The molecule has 26 heavy (non-hydrogen) atoms. The molecule has 3 N–H and O–H groups in total. The number of fused-ring (bicyclic) bond motifs is 1. The first-order valence-electron chi connectivity index (χ1n) is 8.72. The molecule has 0 atom stereocenters. The number of hydrogen-bond acceptors (Lipinski definition) is 5. The van der Waals surface area contributed by atoms with E-state index < -0.39 is 0 Å². The van der Waals surface area contributed by atoms with Gasteiger partial charge >= 0.3 is 0 Å². The molecule has 1 saturated heterocycles. The van der Waals surface area contributed by atoms with Crippen LogP contribution in [0.15, 0.2) is 36.8 Å². The molecule has 0 unspecified atom stereocenters. The Kier molecular flexibility index (Phi) is 4.66. The Hall–Kier alpha value is -2.74. The summed E-state index contributed by atoms with van der Waals surface area (Å²) in [7, 11) is 0. The molecule has 8 heteroatoms. The van der Waals surface area contributed by atoms with E-state index in [4.69, 9.17) is 12.2 Å². The SMILES string of the molecule is Cc1ccc(NC(=S)N2CCC(Nc3ncnc4[nH]ncc34)CC2)cc1. The second-order valence-electron chi connectivity index (χ2n) is 6.56. The van der Waals surface area contributed by atoms with Gasteiger partial charge in [-0.1, -0.05) is 17.7 Å². The van der Waals surface area contributed by atoms with Crippen molar-refractivity contribution in [2.75, 3.05) is 23.7 Å². The molecule has 1 aliphatic rings. The molecular weight excluding hydrogens is 346 g/mol. The predicted molar refractivity (Wildman–Crippen MR) is 107 cm³/mol. The fraction of sp³-hybridized carbons (Fsp3) is 0.333. The van der Waals surface area contributed by atoms with Crippen molar-refractivity contribution in [1.29, 1.82) is 0 Å². The lowest BCUT2D eigenvalue weighted by Gasteiger charge is -2.34. The molecule has 2 aromatic heterocycles. The second-order valence-corrected chi connectivity index (χ2v) is 6.94. The van der Waals surface area contributed by atoms with Gasteiger partial charge in [0.15, 0.2) is 10.8 Å². The molecule has 3 heterocycles. The molecule has 0 spiro atoms. The van der Waals surface area contributed by atoms with Gasteiger partial charge in [0.05, 0.1) is 11.6 Å². The van der Waals surface area contributed by atoms with E-state index in [2.05, 4.69) is 66.9 Å². The van der Waals surface area contributed by atoms with Crippen molar-refractivity contribution in [3.05, 3.63) is 42.4 Å². The Morgan fingerprint density at radius 2 is 1.96 bits per heavy atom. The summed E-state index contributed by atoms with van der Waals surface area (Å²) in [4.78, 5) is 10.8. The molecule has 0 bridgehead atoms. The van der Waals surface area contributed by atoms with Gasteiger partial charge in [-0.3, -0.25) is 5.10 Å². The molecular formula is C18H21N7S. The van der Waals surface area contributed by atoms with Gasteiger partial charge in [0.2, 0.25) is 0 Å². The Labute approximate surface area is 157 Å². The minimum Gasteiger partial charge on any atom is -0.366 e. The summed E-state index contributed by atoms with van der Waals surface area (Å²) in [5.41, 5.74) is 3.03. The number of aryl methyl sites for hydroxylation is 1. The van der Waals surface area contributed by atoms with Crippen LogP contribution < -0.4 is 10.6 Å². The number of nitrogens with zero attached hydrogens (tertiary/aromatic N) is 4. The van der Waals surface area contributed by atoms with Gasteiger partial charge in [0, 0.05) is 24.8 Å². The van der Waals surface area contributed by atoms with E-state index in [1.807, 2.05) is 0 Å². The maximum absolute atomic E-state index is 5.57. The van der Waals surface area contributed by atoms with Crippen molar-refractivity contribution >= 4 is 39.9 Å². The largest absolute Gasteiger partial charge is 0.366 e. The summed E-state index contributed by atoms with van der Waals surface area (Å²) in [6.45, 7) is 3.90. The summed E-state index contributed by atoms with van der Waals surface area (Å²) in [6, 6.07) is 8.64. The zero-order valence-electron chi connectivity index (χ0n) is 14.6. The van der Waals surface area contributed by atoms with Gasteiger partial charge in [0.1, 0.15) is 12.1 Å². The summed E-state index contributed by atoms with van der Waals surface area (Å²) in [5.74, 6) is 0.836. The van der Waals surface area contributed by atoms with Crippen LogP contribution in [0.3, 0.4) is 0 Å². The van der Waals surface area contributed by atoms with E-state index in [0.29, 0.717) is 6.04 Å². The van der Waals surface area contributed by atoms with E-state index in [0.717, 1.165) is 53.6 Å². The fourth-order valence-corrected chi connectivity index (χ4v) is 3.44. The third-order valence-electron chi connectivity index (χ3n) is 4.67. The van der Waals surface area contributed by atoms with Crippen LogP contribution in [-0.2, 0) is 0 Å². The summed E-state index contributed by atoms with van der Waals surface area (Å²) in [6.07, 6.45) is 5.31. The van der Waals surface area contributed by atoms with Crippen molar-refractivity contribution in [3.8, 4) is 0 Å². The van der Waals surface area contributed by atoms with E-state index in [1.54, 1.807) is 12.5 Å². The van der Waals surface area contributed by atoms with Crippen LogP contribution in [0.1, 0.15) is 18.4 Å². The van der Waals surface area contributed by atoms with E-state index in [-0.39, 0.29) is 0 Å². The molecule has 0 radical (unpaired) electrons. The lowest BCUT2D eigenvalue weighted by atomic mass is 10.1. The van der Waals surface area contributed by atoms with Crippen molar-refractivity contribution < 1.29 is 0 Å². The number of piperidine rings is 1. The topological polar surface area (TPSA) is 81.8 Å². The van der Waals surface area contributed by atoms with Crippen LogP contribution >= 0.6 is 12.2 Å². The number of thiocarbonyl (C=S) groups is 1. The number of aromatic nitrogens is 4. The first-order valence-corrected chi connectivity index (χ1v) is 9.13. The number of rotatable bonds is 3. The van der Waals surface area contributed by atoms with E-state index in [9.17, 15) is 0 Å². The highest BCUT2D eigenvalue weighted by atomic mass is 32.1. The van der Waals surface area contributed by atoms with Crippen molar-refractivity contribution in [1.82, 2.24) is 25.1 Å². The predicted octanol–water partition coefficient (Wildman–Crippen LogP) is 2.93. The lowest BCUT2D eigenvalue weighted by Crippen LogP contribution is -2.44. The van der Waals surface area contributed by atoms with Gasteiger partial charge in [-0.15, -0.1) is 0 Å². The molecule has 1 aromatic carbocycles. The maximum Gasteiger partial charge on any atom is 0.173 e. The molecule has 0 saturated carbocycles.